The second-order valence-corrected chi connectivity index (χ2v) is 7.24. The summed E-state index contributed by atoms with van der Waals surface area (Å²) >= 11 is 6.12. The average molecular weight is 405 g/mol. The number of ether oxygens (including phenoxy) is 1. The molecule has 7 heteroatoms. The molecule has 1 fully saturated rings. The predicted molar refractivity (Wildman–Crippen MR) is 106 cm³/mol. The monoisotopic (exact) mass is 404 g/mol. The van der Waals surface area contributed by atoms with Gasteiger partial charge in [0, 0.05) is 29.4 Å². The lowest BCUT2D eigenvalue weighted by molar-refractivity contribution is -0.121. The van der Waals surface area contributed by atoms with Crippen molar-refractivity contribution in [2.24, 2.45) is 5.92 Å². The number of methoxy groups -OCH3 is 1. The summed E-state index contributed by atoms with van der Waals surface area (Å²) in [4.78, 5) is 26.4. The Morgan fingerprint density at radius 1 is 1.29 bits per heavy atom. The van der Waals surface area contributed by atoms with Gasteiger partial charge in [0.2, 0.25) is 5.91 Å². The minimum Gasteiger partial charge on any atom is -0.465 e. The number of nitrogens with zero attached hydrogens (tertiary/aromatic N) is 1. The maximum atomic E-state index is 14.1. The maximum absolute atomic E-state index is 14.1. The Balaban J connectivity index is 1.64. The Morgan fingerprint density at radius 3 is 2.82 bits per heavy atom. The highest BCUT2D eigenvalue weighted by Crippen LogP contribution is 2.25. The number of anilines is 1. The molecule has 1 unspecified atom stereocenters. The summed E-state index contributed by atoms with van der Waals surface area (Å²) in [7, 11) is 1.31. The first kappa shape index (κ1) is 20.3. The van der Waals surface area contributed by atoms with E-state index >= 15 is 0 Å². The van der Waals surface area contributed by atoms with Crippen molar-refractivity contribution in [1.29, 1.82) is 0 Å². The minimum atomic E-state index is -0.457. The zero-order valence-electron chi connectivity index (χ0n) is 15.6. The second-order valence-electron chi connectivity index (χ2n) is 6.84. The SMILES string of the molecule is COC(=O)c1cccc(NC(=O)C2CCCN(Cc3c(F)cccc3Cl)C2)c1. The van der Waals surface area contributed by atoms with Crippen molar-refractivity contribution in [2.75, 3.05) is 25.5 Å². The molecule has 1 atom stereocenters. The van der Waals surface area contributed by atoms with Gasteiger partial charge in [-0.3, -0.25) is 9.69 Å². The van der Waals surface area contributed by atoms with E-state index in [0.29, 0.717) is 34.9 Å². The van der Waals surface area contributed by atoms with Gasteiger partial charge in [0.1, 0.15) is 5.82 Å². The molecule has 0 aromatic heterocycles. The van der Waals surface area contributed by atoms with Gasteiger partial charge in [0.15, 0.2) is 0 Å². The molecule has 0 saturated carbocycles. The number of hydrogen-bond donors (Lipinski definition) is 1. The van der Waals surface area contributed by atoms with Gasteiger partial charge < -0.3 is 10.1 Å². The normalized spacial score (nSPS) is 17.2. The van der Waals surface area contributed by atoms with E-state index in [-0.39, 0.29) is 17.6 Å². The van der Waals surface area contributed by atoms with E-state index in [0.717, 1.165) is 19.4 Å². The molecule has 0 spiro atoms. The van der Waals surface area contributed by atoms with Gasteiger partial charge in [-0.1, -0.05) is 23.7 Å². The van der Waals surface area contributed by atoms with E-state index in [2.05, 4.69) is 5.32 Å². The first-order chi connectivity index (χ1) is 13.5. The smallest absolute Gasteiger partial charge is 0.337 e. The molecule has 0 bridgehead atoms. The number of esters is 1. The molecular formula is C21H22ClFN2O3. The molecule has 1 aliphatic heterocycles. The van der Waals surface area contributed by atoms with Crippen LogP contribution in [0, 0.1) is 11.7 Å². The molecule has 5 nitrogen and oxygen atoms in total. The van der Waals surface area contributed by atoms with Crippen LogP contribution in [0.1, 0.15) is 28.8 Å². The first-order valence-corrected chi connectivity index (χ1v) is 9.50. The Bertz CT molecular complexity index is 854. The van der Waals surface area contributed by atoms with Gasteiger partial charge in [-0.05, 0) is 49.7 Å². The third-order valence-electron chi connectivity index (χ3n) is 4.87. The fraction of sp³-hybridized carbons (Fsp3) is 0.333. The molecule has 28 heavy (non-hydrogen) atoms. The highest BCUT2D eigenvalue weighted by atomic mass is 35.5. The van der Waals surface area contributed by atoms with Crippen molar-refractivity contribution in [1.82, 2.24) is 4.90 Å². The number of benzene rings is 2. The molecule has 1 heterocycles. The Morgan fingerprint density at radius 2 is 2.07 bits per heavy atom. The molecule has 1 N–H and O–H groups in total. The first-order valence-electron chi connectivity index (χ1n) is 9.12. The molecule has 0 radical (unpaired) electrons. The van der Waals surface area contributed by atoms with Gasteiger partial charge in [0.05, 0.1) is 18.6 Å². The summed E-state index contributed by atoms with van der Waals surface area (Å²) in [5, 5.41) is 3.26. The number of nitrogens with one attached hydrogen (secondary N) is 1. The van der Waals surface area contributed by atoms with Crippen LogP contribution in [0.15, 0.2) is 42.5 Å². The van der Waals surface area contributed by atoms with Crippen molar-refractivity contribution >= 4 is 29.2 Å². The standard InChI is InChI=1S/C21H22ClFN2O3/c1-28-21(27)14-5-2-7-16(11-14)24-20(26)15-6-4-10-25(12-15)13-17-18(22)8-3-9-19(17)23/h2-3,5,7-9,11,15H,4,6,10,12-13H2,1H3,(H,24,26). The highest BCUT2D eigenvalue weighted by Gasteiger charge is 2.27. The van der Waals surface area contributed by atoms with Crippen molar-refractivity contribution in [3.63, 3.8) is 0 Å². The number of amides is 1. The Labute approximate surface area is 168 Å². The number of rotatable bonds is 5. The summed E-state index contributed by atoms with van der Waals surface area (Å²) < 4.78 is 18.8. The highest BCUT2D eigenvalue weighted by molar-refractivity contribution is 6.31. The lowest BCUT2D eigenvalue weighted by Gasteiger charge is -2.32. The predicted octanol–water partition coefficient (Wildman–Crippen LogP) is 4.12. The van der Waals surface area contributed by atoms with Crippen molar-refractivity contribution in [3.05, 3.63) is 64.4 Å². The molecule has 0 aliphatic carbocycles. The quantitative estimate of drug-likeness (QED) is 0.762. The fourth-order valence-electron chi connectivity index (χ4n) is 3.41. The van der Waals surface area contributed by atoms with E-state index < -0.39 is 5.97 Å². The maximum Gasteiger partial charge on any atom is 0.337 e. The van der Waals surface area contributed by atoms with Crippen LogP contribution >= 0.6 is 11.6 Å². The topological polar surface area (TPSA) is 58.6 Å². The molecule has 1 amide bonds. The van der Waals surface area contributed by atoms with Gasteiger partial charge in [0.25, 0.3) is 0 Å². The van der Waals surface area contributed by atoms with E-state index in [1.165, 1.54) is 13.2 Å². The largest absolute Gasteiger partial charge is 0.465 e. The Kier molecular flexibility index (Phi) is 6.65. The number of halogens is 2. The summed E-state index contributed by atoms with van der Waals surface area (Å²) in [6.07, 6.45) is 1.59. The molecule has 2 aromatic rings. The zero-order chi connectivity index (χ0) is 20.1. The second kappa shape index (κ2) is 9.17. The summed E-state index contributed by atoms with van der Waals surface area (Å²) in [6, 6.07) is 11.3. The van der Waals surface area contributed by atoms with Crippen LogP contribution in [0.25, 0.3) is 0 Å². The van der Waals surface area contributed by atoms with Crippen molar-refractivity contribution in [2.45, 2.75) is 19.4 Å². The van der Waals surface area contributed by atoms with Gasteiger partial charge in [-0.2, -0.15) is 0 Å². The molecule has 3 rings (SSSR count). The number of likely N-dealkylation sites (tertiary alicyclic amines) is 1. The summed E-state index contributed by atoms with van der Waals surface area (Å²) in [5.74, 6) is -1.13. The van der Waals surface area contributed by atoms with E-state index in [1.54, 1.807) is 36.4 Å². The van der Waals surface area contributed by atoms with E-state index in [1.807, 2.05) is 4.90 Å². The zero-order valence-corrected chi connectivity index (χ0v) is 16.3. The van der Waals surface area contributed by atoms with E-state index in [9.17, 15) is 14.0 Å². The van der Waals surface area contributed by atoms with Crippen LogP contribution in [0.3, 0.4) is 0 Å². The third kappa shape index (κ3) is 4.88. The van der Waals surface area contributed by atoms with Crippen LogP contribution in [0.2, 0.25) is 5.02 Å². The molecule has 1 aliphatic rings. The molecule has 1 saturated heterocycles. The molecule has 148 valence electrons. The van der Waals surface area contributed by atoms with Gasteiger partial charge in [-0.15, -0.1) is 0 Å². The minimum absolute atomic E-state index is 0.119. The fourth-order valence-corrected chi connectivity index (χ4v) is 3.63. The number of hydrogen-bond acceptors (Lipinski definition) is 4. The Hall–Kier alpha value is -2.44. The van der Waals surface area contributed by atoms with Crippen molar-refractivity contribution in [3.8, 4) is 0 Å². The summed E-state index contributed by atoms with van der Waals surface area (Å²) in [6.45, 7) is 1.67. The van der Waals surface area contributed by atoms with Crippen LogP contribution in [-0.2, 0) is 16.1 Å². The average Bonchev–Trinajstić information content (AvgIpc) is 2.70. The number of carbonyl (C=O) groups is 2. The van der Waals surface area contributed by atoms with E-state index in [4.69, 9.17) is 16.3 Å². The number of piperidine rings is 1. The van der Waals surface area contributed by atoms with Gasteiger partial charge >= 0.3 is 5.97 Å². The summed E-state index contributed by atoms with van der Waals surface area (Å²) in [5.41, 5.74) is 1.37. The van der Waals surface area contributed by atoms with Crippen LogP contribution in [-0.4, -0.2) is 37.0 Å². The van der Waals surface area contributed by atoms with Crippen molar-refractivity contribution < 1.29 is 18.7 Å². The number of carbonyl (C=O) groups excluding carboxylic acids is 2. The van der Waals surface area contributed by atoms with Crippen LogP contribution in [0.5, 0.6) is 0 Å². The lowest BCUT2D eigenvalue weighted by Crippen LogP contribution is -2.40. The molecular weight excluding hydrogens is 383 g/mol. The van der Waals surface area contributed by atoms with Crippen LogP contribution in [0.4, 0.5) is 10.1 Å². The van der Waals surface area contributed by atoms with Crippen LogP contribution < -0.4 is 5.32 Å². The molecule has 2 aromatic carbocycles. The lowest BCUT2D eigenvalue weighted by atomic mass is 9.96. The third-order valence-corrected chi connectivity index (χ3v) is 5.23. The van der Waals surface area contributed by atoms with Gasteiger partial charge in [-0.25, -0.2) is 9.18 Å².